The van der Waals surface area contributed by atoms with Crippen LogP contribution in [0, 0.1) is 6.92 Å². The van der Waals surface area contributed by atoms with E-state index in [1.807, 2.05) is 6.92 Å². The first-order chi connectivity index (χ1) is 11.2. The monoisotopic (exact) mass is 448 g/mol. The number of hydrogen-bond acceptors (Lipinski definition) is 3. The Labute approximate surface area is 164 Å². The molecular weight excluding hydrogens is 415 g/mol. The predicted molar refractivity (Wildman–Crippen MR) is 115 cm³/mol. The van der Waals surface area contributed by atoms with E-state index in [1.54, 1.807) is 7.05 Å². The fourth-order valence-electron chi connectivity index (χ4n) is 2.42. The second-order valence-electron chi connectivity index (χ2n) is 5.34. The minimum Gasteiger partial charge on any atom is -0.382 e. The lowest BCUT2D eigenvalue weighted by molar-refractivity contribution is 0.145. The summed E-state index contributed by atoms with van der Waals surface area (Å²) in [6.07, 6.45) is 0.985. The summed E-state index contributed by atoms with van der Waals surface area (Å²) in [5.74, 6) is 0.849. The summed E-state index contributed by atoms with van der Waals surface area (Å²) in [5, 5.41) is 6.68. The maximum absolute atomic E-state index is 5.33. The molecule has 138 valence electrons. The van der Waals surface area contributed by atoms with Crippen molar-refractivity contribution in [1.29, 1.82) is 0 Å². The third-order valence-electron chi connectivity index (χ3n) is 3.70. The third-order valence-corrected chi connectivity index (χ3v) is 3.70. The van der Waals surface area contributed by atoms with Crippen LogP contribution in [0.3, 0.4) is 0 Å². The van der Waals surface area contributed by atoms with Gasteiger partial charge in [0, 0.05) is 52.1 Å². The number of para-hydroxylation sites is 1. The molecule has 0 saturated heterocycles. The maximum atomic E-state index is 5.33. The summed E-state index contributed by atoms with van der Waals surface area (Å²) in [6, 6.07) is 8.51. The number of guanidine groups is 1. The minimum atomic E-state index is 0. The fraction of sp³-hybridized carbons (Fsp3) is 0.611. The molecule has 0 aromatic heterocycles. The normalized spacial score (nSPS) is 10.9. The smallest absolute Gasteiger partial charge is 0.191 e. The van der Waals surface area contributed by atoms with Gasteiger partial charge in [0.05, 0.1) is 0 Å². The zero-order valence-corrected chi connectivity index (χ0v) is 17.8. The highest BCUT2D eigenvalue weighted by molar-refractivity contribution is 14.0. The highest BCUT2D eigenvalue weighted by atomic mass is 127. The summed E-state index contributed by atoms with van der Waals surface area (Å²) in [6.45, 7) is 11.6. The summed E-state index contributed by atoms with van der Waals surface area (Å²) in [4.78, 5) is 6.63. The van der Waals surface area contributed by atoms with Gasteiger partial charge in [0.1, 0.15) is 0 Å². The largest absolute Gasteiger partial charge is 0.382 e. The van der Waals surface area contributed by atoms with Crippen LogP contribution >= 0.6 is 24.0 Å². The van der Waals surface area contributed by atoms with Gasteiger partial charge in [-0.15, -0.1) is 24.0 Å². The molecular formula is C18H33IN4O. The predicted octanol–water partition coefficient (Wildman–Crippen LogP) is 3.03. The zero-order valence-electron chi connectivity index (χ0n) is 15.5. The fourth-order valence-corrected chi connectivity index (χ4v) is 2.42. The molecule has 6 heteroatoms. The quantitative estimate of drug-likeness (QED) is 0.250. The van der Waals surface area contributed by atoms with E-state index in [0.717, 1.165) is 51.8 Å². The van der Waals surface area contributed by atoms with Gasteiger partial charge in [-0.25, -0.2) is 0 Å². The Balaban J connectivity index is 0.00000529. The molecule has 0 radical (unpaired) electrons. The van der Waals surface area contributed by atoms with E-state index < -0.39 is 0 Å². The van der Waals surface area contributed by atoms with E-state index >= 15 is 0 Å². The van der Waals surface area contributed by atoms with Crippen LogP contribution < -0.4 is 15.5 Å². The molecule has 0 aliphatic carbocycles. The lowest BCUT2D eigenvalue weighted by Crippen LogP contribution is -2.42. The van der Waals surface area contributed by atoms with Gasteiger partial charge in [-0.2, -0.15) is 0 Å². The topological polar surface area (TPSA) is 48.9 Å². The van der Waals surface area contributed by atoms with Crippen LogP contribution in [0.2, 0.25) is 0 Å². The standard InChI is InChI=1S/C18H32N4O.HI/c1-5-22(17-11-8-7-10-16(17)3)14-13-21-18(19-4)20-12-9-15-23-6-2;/h7-8,10-11H,5-6,9,12-15H2,1-4H3,(H2,19,20,21);1H. The summed E-state index contributed by atoms with van der Waals surface area (Å²) in [7, 11) is 1.80. The van der Waals surface area contributed by atoms with Crippen LogP contribution in [0.4, 0.5) is 5.69 Å². The van der Waals surface area contributed by atoms with Gasteiger partial charge in [-0.1, -0.05) is 18.2 Å². The lowest BCUT2D eigenvalue weighted by Gasteiger charge is -2.25. The lowest BCUT2D eigenvalue weighted by atomic mass is 10.2. The molecule has 0 spiro atoms. The average Bonchev–Trinajstić information content (AvgIpc) is 2.57. The molecule has 1 rings (SSSR count). The first-order valence-electron chi connectivity index (χ1n) is 8.55. The number of halogens is 1. The molecule has 0 heterocycles. The van der Waals surface area contributed by atoms with Crippen molar-refractivity contribution >= 4 is 35.6 Å². The number of nitrogens with zero attached hydrogens (tertiary/aromatic N) is 2. The molecule has 0 unspecified atom stereocenters. The van der Waals surface area contributed by atoms with Gasteiger partial charge in [0.2, 0.25) is 0 Å². The van der Waals surface area contributed by atoms with Crippen molar-refractivity contribution in [1.82, 2.24) is 10.6 Å². The van der Waals surface area contributed by atoms with Gasteiger partial charge in [0.15, 0.2) is 5.96 Å². The molecule has 0 bridgehead atoms. The summed E-state index contributed by atoms with van der Waals surface area (Å²) in [5.41, 5.74) is 2.62. The second kappa shape index (κ2) is 14.3. The first kappa shape index (κ1) is 23.0. The number of rotatable bonds is 10. The summed E-state index contributed by atoms with van der Waals surface area (Å²) < 4.78 is 5.33. The molecule has 0 saturated carbocycles. The number of likely N-dealkylation sites (N-methyl/N-ethyl adjacent to an activating group) is 1. The number of ether oxygens (including phenoxy) is 1. The van der Waals surface area contributed by atoms with E-state index in [1.165, 1.54) is 11.3 Å². The van der Waals surface area contributed by atoms with Gasteiger partial charge >= 0.3 is 0 Å². The van der Waals surface area contributed by atoms with Crippen molar-refractivity contribution in [2.45, 2.75) is 27.2 Å². The van der Waals surface area contributed by atoms with E-state index in [9.17, 15) is 0 Å². The van der Waals surface area contributed by atoms with Crippen molar-refractivity contribution in [3.63, 3.8) is 0 Å². The zero-order chi connectivity index (χ0) is 16.9. The molecule has 0 fully saturated rings. The molecule has 5 nitrogen and oxygen atoms in total. The summed E-state index contributed by atoms with van der Waals surface area (Å²) >= 11 is 0. The average molecular weight is 448 g/mol. The third kappa shape index (κ3) is 8.73. The molecule has 24 heavy (non-hydrogen) atoms. The highest BCUT2D eigenvalue weighted by Gasteiger charge is 2.06. The van der Waals surface area contributed by atoms with Crippen molar-refractivity contribution in [2.24, 2.45) is 4.99 Å². The van der Waals surface area contributed by atoms with E-state index in [2.05, 4.69) is 58.6 Å². The molecule has 0 atom stereocenters. The minimum absolute atomic E-state index is 0. The van der Waals surface area contributed by atoms with E-state index in [0.29, 0.717) is 0 Å². The van der Waals surface area contributed by atoms with Crippen LogP contribution in [0.1, 0.15) is 25.8 Å². The number of aliphatic imine (C=N–C) groups is 1. The van der Waals surface area contributed by atoms with E-state index in [-0.39, 0.29) is 24.0 Å². The molecule has 0 aliphatic rings. The number of anilines is 1. The Kier molecular flexibility index (Phi) is 13.7. The van der Waals surface area contributed by atoms with E-state index in [4.69, 9.17) is 4.74 Å². The van der Waals surface area contributed by atoms with Gasteiger partial charge < -0.3 is 20.3 Å². The Bertz CT molecular complexity index is 468. The van der Waals surface area contributed by atoms with Crippen molar-refractivity contribution < 1.29 is 4.74 Å². The van der Waals surface area contributed by atoms with Crippen LogP contribution in [-0.4, -0.2) is 52.4 Å². The Morgan fingerprint density at radius 1 is 1.17 bits per heavy atom. The Hall–Kier alpha value is -1.02. The Morgan fingerprint density at radius 2 is 1.88 bits per heavy atom. The van der Waals surface area contributed by atoms with Crippen LogP contribution in [0.25, 0.3) is 0 Å². The molecule has 0 aliphatic heterocycles. The number of nitrogens with one attached hydrogen (secondary N) is 2. The molecule has 1 aromatic rings. The Morgan fingerprint density at radius 3 is 2.50 bits per heavy atom. The maximum Gasteiger partial charge on any atom is 0.191 e. The van der Waals surface area contributed by atoms with Gasteiger partial charge in [0.25, 0.3) is 0 Å². The van der Waals surface area contributed by atoms with Crippen molar-refractivity contribution in [3.8, 4) is 0 Å². The first-order valence-corrected chi connectivity index (χ1v) is 8.55. The molecule has 0 amide bonds. The van der Waals surface area contributed by atoms with Crippen LogP contribution in [0.15, 0.2) is 29.3 Å². The van der Waals surface area contributed by atoms with Crippen molar-refractivity contribution in [2.75, 3.05) is 51.3 Å². The number of hydrogen-bond donors (Lipinski definition) is 2. The van der Waals surface area contributed by atoms with Gasteiger partial charge in [-0.05, 0) is 38.8 Å². The number of benzene rings is 1. The van der Waals surface area contributed by atoms with Crippen LogP contribution in [0.5, 0.6) is 0 Å². The number of aryl methyl sites for hydroxylation is 1. The van der Waals surface area contributed by atoms with Crippen molar-refractivity contribution in [3.05, 3.63) is 29.8 Å². The SMILES string of the molecule is CCOCCCNC(=NC)NCCN(CC)c1ccccc1C.I. The molecule has 1 aromatic carbocycles. The van der Waals surface area contributed by atoms with Gasteiger partial charge in [-0.3, -0.25) is 4.99 Å². The molecule has 2 N–H and O–H groups in total. The van der Waals surface area contributed by atoms with Crippen LogP contribution in [-0.2, 0) is 4.74 Å². The highest BCUT2D eigenvalue weighted by Crippen LogP contribution is 2.18. The second-order valence-corrected chi connectivity index (χ2v) is 5.34.